The van der Waals surface area contributed by atoms with E-state index in [4.69, 9.17) is 22.1 Å². The summed E-state index contributed by atoms with van der Waals surface area (Å²) in [7, 11) is 3.00. The molecule has 0 spiro atoms. The Morgan fingerprint density at radius 1 is 1.26 bits per heavy atom. The van der Waals surface area contributed by atoms with Crippen LogP contribution in [-0.4, -0.2) is 60.7 Å². The number of halogens is 2. The van der Waals surface area contributed by atoms with Crippen molar-refractivity contribution >= 4 is 46.5 Å². The molecule has 13 heteroatoms. The average Bonchev–Trinajstić information content (AvgIpc) is 3.20. The third-order valence-electron chi connectivity index (χ3n) is 5.32. The van der Waals surface area contributed by atoms with Crippen LogP contribution in [0.25, 0.3) is 0 Å². The number of nitrogen functional groups attached to an aromatic ring is 1. The second-order valence-corrected chi connectivity index (χ2v) is 11.5. The highest BCUT2D eigenvalue weighted by molar-refractivity contribution is 7.91. The summed E-state index contributed by atoms with van der Waals surface area (Å²) in [6.07, 6.45) is -1.60. The number of aromatic nitrogens is 2. The van der Waals surface area contributed by atoms with Gasteiger partial charge in [0, 0.05) is 19.2 Å². The number of imidazole rings is 1. The SMILES string of the molecule is COc1ccc(CN(C)C(=O)c2nc(N)c(/C(=N/[S@@+]([O-])C(C)(C)C)c3cc(F)ccc3Cl)n2C(=O)O)cc1. The number of anilines is 1. The van der Waals surface area contributed by atoms with E-state index in [-0.39, 0.29) is 28.5 Å². The third-order valence-corrected chi connectivity index (χ3v) is 7.04. The minimum Gasteiger partial charge on any atom is -0.591 e. The molecule has 1 heterocycles. The summed E-state index contributed by atoms with van der Waals surface area (Å²) in [6, 6.07) is 10.3. The summed E-state index contributed by atoms with van der Waals surface area (Å²) >= 11 is 4.37. The van der Waals surface area contributed by atoms with Crippen LogP contribution in [0, 0.1) is 5.82 Å². The second-order valence-electron chi connectivity index (χ2n) is 9.22. The molecule has 1 amide bonds. The fourth-order valence-electron chi connectivity index (χ4n) is 3.36. The van der Waals surface area contributed by atoms with Crippen molar-refractivity contribution in [3.8, 4) is 5.75 Å². The van der Waals surface area contributed by atoms with Crippen LogP contribution in [0.2, 0.25) is 5.02 Å². The first-order valence-electron chi connectivity index (χ1n) is 11.2. The van der Waals surface area contributed by atoms with E-state index in [1.165, 1.54) is 25.1 Å². The third kappa shape index (κ3) is 6.26. The van der Waals surface area contributed by atoms with Crippen molar-refractivity contribution in [3.05, 3.63) is 75.9 Å². The molecule has 1 aromatic heterocycles. The quantitative estimate of drug-likeness (QED) is 0.320. The lowest BCUT2D eigenvalue weighted by Gasteiger charge is -2.20. The molecule has 3 N–H and O–H groups in total. The van der Waals surface area contributed by atoms with E-state index in [0.29, 0.717) is 10.3 Å². The van der Waals surface area contributed by atoms with E-state index >= 15 is 0 Å². The standard InChI is InChI=1S/C25H27ClFN5O5S/c1-25(2,3)38(36)30-19(17-12-15(27)8-11-18(17)26)20-21(28)29-22(32(20)24(34)35)23(33)31(4)13-14-6-9-16(37-5)10-7-14/h6-12H,13,28H2,1-5H3,(H,34,35)/b30-19+/t38-/m0/s1. The van der Waals surface area contributed by atoms with Gasteiger partial charge in [-0.15, -0.1) is 0 Å². The number of carbonyl (C=O) groups excluding carboxylic acids is 1. The molecule has 3 aromatic rings. The number of rotatable bonds is 7. The molecule has 0 unspecified atom stereocenters. The van der Waals surface area contributed by atoms with Crippen molar-refractivity contribution in [1.29, 1.82) is 0 Å². The van der Waals surface area contributed by atoms with Crippen LogP contribution in [0.5, 0.6) is 5.75 Å². The molecule has 10 nitrogen and oxygen atoms in total. The number of nitrogens with zero attached hydrogens (tertiary/aromatic N) is 4. The lowest BCUT2D eigenvalue weighted by molar-refractivity contribution is 0.0767. The van der Waals surface area contributed by atoms with Crippen LogP contribution >= 0.6 is 11.6 Å². The smallest absolute Gasteiger partial charge is 0.418 e. The Kier molecular flexibility index (Phi) is 8.70. The molecule has 0 aliphatic heterocycles. The summed E-state index contributed by atoms with van der Waals surface area (Å²) in [4.78, 5) is 31.0. The van der Waals surface area contributed by atoms with Gasteiger partial charge in [0.25, 0.3) is 5.91 Å². The number of methoxy groups -OCH3 is 1. The van der Waals surface area contributed by atoms with E-state index < -0.39 is 45.6 Å². The molecule has 3 rings (SSSR count). The van der Waals surface area contributed by atoms with Crippen molar-refractivity contribution in [2.24, 2.45) is 4.40 Å². The summed E-state index contributed by atoms with van der Waals surface area (Å²) in [5, 5.41) is 10.1. The Labute approximate surface area is 227 Å². The zero-order valence-electron chi connectivity index (χ0n) is 21.4. The largest absolute Gasteiger partial charge is 0.591 e. The number of benzene rings is 2. The molecular formula is C25H27ClFN5O5S. The maximum Gasteiger partial charge on any atom is 0.418 e. The van der Waals surface area contributed by atoms with E-state index in [9.17, 15) is 23.6 Å². The maximum atomic E-state index is 14.2. The topological polar surface area (TPSA) is 146 Å². The number of ether oxygens (including phenoxy) is 1. The van der Waals surface area contributed by atoms with Crippen LogP contribution in [0.3, 0.4) is 0 Å². The molecule has 0 aliphatic carbocycles. The highest BCUT2D eigenvalue weighted by atomic mass is 35.5. The van der Waals surface area contributed by atoms with Gasteiger partial charge in [-0.05, 0) is 56.7 Å². The second kappa shape index (κ2) is 11.4. The van der Waals surface area contributed by atoms with E-state index in [0.717, 1.165) is 17.7 Å². The van der Waals surface area contributed by atoms with Crippen molar-refractivity contribution in [2.45, 2.75) is 32.1 Å². The fraction of sp³-hybridized carbons (Fsp3) is 0.280. The molecule has 0 bridgehead atoms. The molecule has 2 aromatic carbocycles. The van der Waals surface area contributed by atoms with Gasteiger partial charge in [0.05, 0.1) is 12.1 Å². The first-order valence-corrected chi connectivity index (χ1v) is 12.7. The Hall–Kier alpha value is -3.61. The molecule has 0 radical (unpaired) electrons. The minimum atomic E-state index is -1.94. The lowest BCUT2D eigenvalue weighted by Crippen LogP contribution is -2.32. The number of carbonyl (C=O) groups is 2. The van der Waals surface area contributed by atoms with Gasteiger partial charge >= 0.3 is 6.09 Å². The van der Waals surface area contributed by atoms with Crippen molar-refractivity contribution < 1.29 is 28.4 Å². The number of hydrogen-bond donors (Lipinski definition) is 2. The van der Waals surface area contributed by atoms with Gasteiger partial charge in [0.2, 0.25) is 5.82 Å². The van der Waals surface area contributed by atoms with Gasteiger partial charge in [0.15, 0.2) is 11.5 Å². The molecule has 0 fully saturated rings. The molecule has 38 heavy (non-hydrogen) atoms. The van der Waals surface area contributed by atoms with Gasteiger partial charge < -0.3 is 25.0 Å². The van der Waals surface area contributed by atoms with E-state index in [1.54, 1.807) is 45.0 Å². The number of hydrogen-bond acceptors (Lipinski definition) is 7. The monoisotopic (exact) mass is 563 g/mol. The highest BCUT2D eigenvalue weighted by Gasteiger charge is 2.34. The average molecular weight is 564 g/mol. The minimum absolute atomic E-state index is 0.00176. The summed E-state index contributed by atoms with van der Waals surface area (Å²) in [5.74, 6) is -1.74. The zero-order valence-corrected chi connectivity index (χ0v) is 22.9. The first-order chi connectivity index (χ1) is 17.7. The van der Waals surface area contributed by atoms with Gasteiger partial charge in [-0.2, -0.15) is 0 Å². The fourth-order valence-corrected chi connectivity index (χ4v) is 4.19. The van der Waals surface area contributed by atoms with Crippen molar-refractivity contribution in [2.75, 3.05) is 19.9 Å². The number of amides is 1. The number of nitrogens with two attached hydrogens (primary N) is 1. The Bertz CT molecular complexity index is 1390. The number of carboxylic acid groups (broad SMARTS) is 1. The van der Waals surface area contributed by atoms with E-state index in [1.807, 2.05) is 0 Å². The Morgan fingerprint density at radius 3 is 2.45 bits per heavy atom. The molecule has 0 aliphatic rings. The van der Waals surface area contributed by atoms with E-state index in [2.05, 4.69) is 9.38 Å². The van der Waals surface area contributed by atoms with Gasteiger partial charge in [-0.3, -0.25) is 4.79 Å². The molecular weight excluding hydrogens is 537 g/mol. The molecule has 0 saturated carbocycles. The summed E-state index contributed by atoms with van der Waals surface area (Å²) < 4.78 is 36.2. The lowest BCUT2D eigenvalue weighted by atomic mass is 10.1. The summed E-state index contributed by atoms with van der Waals surface area (Å²) in [6.45, 7) is 5.07. The normalized spacial score (nSPS) is 12.8. The highest BCUT2D eigenvalue weighted by Crippen LogP contribution is 2.29. The van der Waals surface area contributed by atoms with Gasteiger partial charge in [-0.25, -0.2) is 18.7 Å². The van der Waals surface area contributed by atoms with Crippen LogP contribution < -0.4 is 10.5 Å². The predicted molar refractivity (Wildman–Crippen MR) is 144 cm³/mol. The van der Waals surface area contributed by atoms with Crippen LogP contribution in [-0.2, 0) is 17.9 Å². The molecule has 202 valence electrons. The maximum absolute atomic E-state index is 14.2. The van der Waals surface area contributed by atoms with Crippen LogP contribution in [0.15, 0.2) is 46.9 Å². The van der Waals surface area contributed by atoms with Crippen LogP contribution in [0.4, 0.5) is 15.0 Å². The van der Waals surface area contributed by atoms with Crippen LogP contribution in [0.1, 0.15) is 48.2 Å². The first kappa shape index (κ1) is 29.0. The molecule has 0 saturated heterocycles. The predicted octanol–water partition coefficient (Wildman–Crippen LogP) is 4.36. The van der Waals surface area contributed by atoms with Gasteiger partial charge in [-0.1, -0.05) is 28.1 Å². The summed E-state index contributed by atoms with van der Waals surface area (Å²) in [5.41, 5.74) is 6.16. The Morgan fingerprint density at radius 2 is 1.89 bits per heavy atom. The van der Waals surface area contributed by atoms with Crippen molar-refractivity contribution in [3.63, 3.8) is 0 Å². The van der Waals surface area contributed by atoms with Crippen molar-refractivity contribution in [1.82, 2.24) is 14.5 Å². The van der Waals surface area contributed by atoms with Gasteiger partial charge in [0.1, 0.15) is 33.4 Å². The molecule has 1 atom stereocenters. The Balaban J connectivity index is 2.16. The zero-order chi connectivity index (χ0) is 28.4.